The van der Waals surface area contributed by atoms with Gasteiger partial charge in [-0.2, -0.15) is 0 Å². The molecule has 0 saturated heterocycles. The predicted molar refractivity (Wildman–Crippen MR) is 78.5 cm³/mol. The Kier molecular flexibility index (Phi) is 4.37. The van der Waals surface area contributed by atoms with Crippen molar-refractivity contribution in [2.24, 2.45) is 0 Å². The van der Waals surface area contributed by atoms with Crippen LogP contribution >= 0.6 is 27.5 Å². The smallest absolute Gasteiger partial charge is 0.146 e. The second kappa shape index (κ2) is 5.84. The molecule has 6 heteroatoms. The highest BCUT2D eigenvalue weighted by Gasteiger charge is 2.09. The van der Waals surface area contributed by atoms with Crippen LogP contribution in [0.15, 0.2) is 28.7 Å². The van der Waals surface area contributed by atoms with Gasteiger partial charge in [0.1, 0.15) is 22.6 Å². The molecule has 0 atom stereocenters. The van der Waals surface area contributed by atoms with Crippen molar-refractivity contribution >= 4 is 39.0 Å². The van der Waals surface area contributed by atoms with Crippen LogP contribution in [0.25, 0.3) is 0 Å². The third-order valence-electron chi connectivity index (χ3n) is 2.42. The van der Waals surface area contributed by atoms with Gasteiger partial charge in [-0.15, -0.1) is 0 Å². The van der Waals surface area contributed by atoms with Gasteiger partial charge < -0.3 is 5.32 Å². The van der Waals surface area contributed by atoms with E-state index in [0.717, 1.165) is 4.47 Å². The van der Waals surface area contributed by atoms with Crippen molar-refractivity contribution in [1.82, 2.24) is 9.97 Å². The second-order valence-corrected chi connectivity index (χ2v) is 5.64. The summed E-state index contributed by atoms with van der Waals surface area (Å²) < 4.78 is 14.4. The molecule has 0 spiro atoms. The molecule has 19 heavy (non-hydrogen) atoms. The minimum absolute atomic E-state index is 0.145. The number of nitrogens with one attached hydrogen (secondary N) is 1. The molecule has 0 aliphatic carbocycles. The molecule has 0 fully saturated rings. The maximum Gasteiger partial charge on any atom is 0.146 e. The van der Waals surface area contributed by atoms with Crippen molar-refractivity contribution in [3.8, 4) is 0 Å². The van der Waals surface area contributed by atoms with Gasteiger partial charge in [-0.05, 0) is 18.2 Å². The zero-order valence-electron chi connectivity index (χ0n) is 10.4. The van der Waals surface area contributed by atoms with Gasteiger partial charge in [0.25, 0.3) is 0 Å². The van der Waals surface area contributed by atoms with Gasteiger partial charge in [0.05, 0.1) is 5.69 Å². The molecule has 0 saturated carbocycles. The van der Waals surface area contributed by atoms with E-state index in [0.29, 0.717) is 22.5 Å². The average molecular weight is 345 g/mol. The molecule has 0 radical (unpaired) electrons. The molecule has 0 bridgehead atoms. The van der Waals surface area contributed by atoms with Crippen LogP contribution in [0.5, 0.6) is 0 Å². The van der Waals surface area contributed by atoms with Gasteiger partial charge in [0.15, 0.2) is 0 Å². The maximum absolute atomic E-state index is 13.7. The molecule has 100 valence electrons. The Bertz CT molecular complexity index is 604. The molecule has 0 amide bonds. The first-order chi connectivity index (χ1) is 8.95. The van der Waals surface area contributed by atoms with Crippen LogP contribution < -0.4 is 5.32 Å². The largest absolute Gasteiger partial charge is 0.338 e. The maximum atomic E-state index is 13.7. The summed E-state index contributed by atoms with van der Waals surface area (Å²) in [5, 5.41) is 3.24. The van der Waals surface area contributed by atoms with Crippen LogP contribution in [-0.2, 0) is 0 Å². The molecule has 2 aromatic rings. The summed E-state index contributed by atoms with van der Waals surface area (Å²) in [5.41, 5.74) is 0.332. The van der Waals surface area contributed by atoms with E-state index in [9.17, 15) is 4.39 Å². The van der Waals surface area contributed by atoms with E-state index in [1.807, 2.05) is 13.8 Å². The highest BCUT2D eigenvalue weighted by atomic mass is 79.9. The van der Waals surface area contributed by atoms with E-state index in [1.54, 1.807) is 18.2 Å². The number of rotatable bonds is 3. The van der Waals surface area contributed by atoms with Crippen molar-refractivity contribution < 1.29 is 4.39 Å². The normalized spacial score (nSPS) is 10.8. The Morgan fingerprint density at radius 1 is 1.26 bits per heavy atom. The Morgan fingerprint density at radius 2 is 2.00 bits per heavy atom. The van der Waals surface area contributed by atoms with Crippen molar-refractivity contribution in [3.63, 3.8) is 0 Å². The third kappa shape index (κ3) is 3.64. The predicted octanol–water partition coefficient (Wildman–Crippen LogP) is 4.90. The zero-order valence-corrected chi connectivity index (χ0v) is 12.8. The van der Waals surface area contributed by atoms with Crippen molar-refractivity contribution in [2.75, 3.05) is 5.32 Å². The van der Waals surface area contributed by atoms with Gasteiger partial charge in [-0.1, -0.05) is 41.4 Å². The Morgan fingerprint density at radius 3 is 2.68 bits per heavy atom. The third-order valence-corrected chi connectivity index (χ3v) is 3.11. The SMILES string of the molecule is CC(C)c1nc(Cl)cc(Nc2cc(Br)ccc2F)n1. The van der Waals surface area contributed by atoms with Gasteiger partial charge in [0.2, 0.25) is 0 Å². The lowest BCUT2D eigenvalue weighted by atomic mass is 10.2. The highest BCUT2D eigenvalue weighted by molar-refractivity contribution is 9.10. The summed E-state index contributed by atoms with van der Waals surface area (Å²) in [6.45, 7) is 3.93. The lowest BCUT2D eigenvalue weighted by Crippen LogP contribution is -2.03. The molecule has 0 aliphatic heterocycles. The number of halogens is 3. The number of anilines is 2. The van der Waals surface area contributed by atoms with E-state index >= 15 is 0 Å². The topological polar surface area (TPSA) is 37.8 Å². The van der Waals surface area contributed by atoms with Crippen molar-refractivity contribution in [1.29, 1.82) is 0 Å². The van der Waals surface area contributed by atoms with E-state index < -0.39 is 0 Å². The molecule has 0 aliphatic rings. The molecule has 3 nitrogen and oxygen atoms in total. The molecule has 1 N–H and O–H groups in total. The molecular formula is C13H12BrClFN3. The van der Waals surface area contributed by atoms with Gasteiger partial charge >= 0.3 is 0 Å². The molecule has 1 heterocycles. The summed E-state index contributed by atoms with van der Waals surface area (Å²) in [6.07, 6.45) is 0. The van der Waals surface area contributed by atoms with Crippen LogP contribution in [0.1, 0.15) is 25.6 Å². The first-order valence-electron chi connectivity index (χ1n) is 5.72. The summed E-state index contributed by atoms with van der Waals surface area (Å²) >= 11 is 9.23. The highest BCUT2D eigenvalue weighted by Crippen LogP contribution is 2.25. The Hall–Kier alpha value is -1.20. The fourth-order valence-corrected chi connectivity index (χ4v) is 2.04. The minimum atomic E-state index is -0.357. The summed E-state index contributed by atoms with van der Waals surface area (Å²) in [7, 11) is 0. The van der Waals surface area contributed by atoms with Gasteiger partial charge in [-0.3, -0.25) is 0 Å². The number of aromatic nitrogens is 2. The Balaban J connectivity index is 2.35. The molecule has 0 unspecified atom stereocenters. The van der Waals surface area contributed by atoms with Crippen LogP contribution in [-0.4, -0.2) is 9.97 Å². The molecule has 1 aromatic carbocycles. The van der Waals surface area contributed by atoms with Crippen molar-refractivity contribution in [2.45, 2.75) is 19.8 Å². The van der Waals surface area contributed by atoms with Gasteiger partial charge in [-0.25, -0.2) is 14.4 Å². The van der Waals surface area contributed by atoms with Crippen LogP contribution in [0.2, 0.25) is 5.15 Å². The summed E-state index contributed by atoms with van der Waals surface area (Å²) in [5.74, 6) is 0.877. The first kappa shape index (κ1) is 14.2. The standard InChI is InChI=1S/C13H12BrClFN3/c1-7(2)13-18-11(15)6-12(19-13)17-10-5-8(14)3-4-9(10)16/h3-7H,1-2H3,(H,17,18,19). The zero-order chi connectivity index (χ0) is 14.0. The fraction of sp³-hybridized carbons (Fsp3) is 0.231. The fourth-order valence-electron chi connectivity index (χ4n) is 1.49. The number of hydrogen-bond acceptors (Lipinski definition) is 3. The lowest BCUT2D eigenvalue weighted by molar-refractivity contribution is 0.631. The molecule has 1 aromatic heterocycles. The minimum Gasteiger partial charge on any atom is -0.338 e. The van der Waals surface area contributed by atoms with E-state index in [1.165, 1.54) is 6.07 Å². The number of benzene rings is 1. The second-order valence-electron chi connectivity index (χ2n) is 4.34. The van der Waals surface area contributed by atoms with Crippen LogP contribution in [0.3, 0.4) is 0 Å². The molecular weight excluding hydrogens is 333 g/mol. The Labute approximate surface area is 124 Å². The first-order valence-corrected chi connectivity index (χ1v) is 6.89. The van der Waals surface area contributed by atoms with Crippen LogP contribution in [0.4, 0.5) is 15.9 Å². The number of hydrogen-bond donors (Lipinski definition) is 1. The summed E-state index contributed by atoms with van der Waals surface area (Å²) in [6, 6.07) is 6.21. The summed E-state index contributed by atoms with van der Waals surface area (Å²) in [4.78, 5) is 8.44. The van der Waals surface area contributed by atoms with Crippen molar-refractivity contribution in [3.05, 3.63) is 45.5 Å². The van der Waals surface area contributed by atoms with Crippen LogP contribution in [0, 0.1) is 5.82 Å². The van der Waals surface area contributed by atoms with Gasteiger partial charge in [0, 0.05) is 16.5 Å². The quantitative estimate of drug-likeness (QED) is 0.805. The lowest BCUT2D eigenvalue weighted by Gasteiger charge is -2.10. The average Bonchev–Trinajstić information content (AvgIpc) is 2.33. The number of nitrogens with zero attached hydrogens (tertiary/aromatic N) is 2. The van der Waals surface area contributed by atoms with E-state index in [2.05, 4.69) is 31.2 Å². The van der Waals surface area contributed by atoms with E-state index in [4.69, 9.17) is 11.6 Å². The molecule has 2 rings (SSSR count). The monoisotopic (exact) mass is 343 g/mol. The van der Waals surface area contributed by atoms with E-state index in [-0.39, 0.29) is 11.7 Å².